The summed E-state index contributed by atoms with van der Waals surface area (Å²) in [6.45, 7) is 8.14. The number of amides is 1. The van der Waals surface area contributed by atoms with Crippen LogP contribution in [0.3, 0.4) is 0 Å². The Morgan fingerprint density at radius 1 is 1.30 bits per heavy atom. The molecule has 0 aromatic carbocycles. The molecule has 4 nitrogen and oxygen atoms in total. The van der Waals surface area contributed by atoms with Gasteiger partial charge in [-0.25, -0.2) is 0 Å². The molecule has 112 valence electrons. The third kappa shape index (κ3) is 4.22. The molecular weight excluding hydrogens is 252 g/mol. The predicted molar refractivity (Wildman–Crippen MR) is 82.3 cm³/mol. The van der Waals surface area contributed by atoms with E-state index in [0.29, 0.717) is 0 Å². The van der Waals surface area contributed by atoms with Crippen molar-refractivity contribution >= 4 is 5.91 Å². The van der Waals surface area contributed by atoms with Gasteiger partial charge in [0.1, 0.15) is 5.56 Å². The number of pyridine rings is 1. The van der Waals surface area contributed by atoms with Crippen LogP contribution in [-0.4, -0.2) is 16.9 Å². The lowest BCUT2D eigenvalue weighted by molar-refractivity contribution is 0.0936. The normalized spacial score (nSPS) is 12.2. The van der Waals surface area contributed by atoms with E-state index >= 15 is 0 Å². The van der Waals surface area contributed by atoms with Crippen molar-refractivity contribution in [2.24, 2.45) is 0 Å². The average molecular weight is 278 g/mol. The predicted octanol–water partition coefficient (Wildman–Crippen LogP) is 2.81. The minimum absolute atomic E-state index is 0.0901. The molecule has 2 N–H and O–H groups in total. The second kappa shape index (κ2) is 7.88. The molecule has 0 aliphatic carbocycles. The van der Waals surface area contributed by atoms with E-state index in [1.54, 1.807) is 6.07 Å². The van der Waals surface area contributed by atoms with Crippen LogP contribution in [0.1, 0.15) is 68.6 Å². The van der Waals surface area contributed by atoms with Crippen LogP contribution in [0.15, 0.2) is 10.9 Å². The van der Waals surface area contributed by atoms with Crippen LogP contribution >= 0.6 is 0 Å². The van der Waals surface area contributed by atoms with Gasteiger partial charge in [0.2, 0.25) is 0 Å². The van der Waals surface area contributed by atoms with E-state index < -0.39 is 0 Å². The second-order valence-corrected chi connectivity index (χ2v) is 5.28. The largest absolute Gasteiger partial charge is 0.349 e. The van der Waals surface area contributed by atoms with Gasteiger partial charge in [-0.1, -0.05) is 33.6 Å². The summed E-state index contributed by atoms with van der Waals surface area (Å²) >= 11 is 0. The number of hydrogen-bond donors (Lipinski definition) is 2. The van der Waals surface area contributed by atoms with Crippen molar-refractivity contribution in [1.82, 2.24) is 10.3 Å². The van der Waals surface area contributed by atoms with Gasteiger partial charge in [0.25, 0.3) is 11.5 Å². The molecule has 1 amide bonds. The molecule has 1 aromatic rings. The lowest BCUT2D eigenvalue weighted by Crippen LogP contribution is -2.36. The molecule has 0 saturated heterocycles. The Labute approximate surface area is 121 Å². The quantitative estimate of drug-likeness (QED) is 0.805. The van der Waals surface area contributed by atoms with Crippen LogP contribution in [0.5, 0.6) is 0 Å². The highest BCUT2D eigenvalue weighted by atomic mass is 16.2. The van der Waals surface area contributed by atoms with Crippen LogP contribution < -0.4 is 10.9 Å². The smallest absolute Gasteiger partial charge is 0.261 e. The van der Waals surface area contributed by atoms with Crippen molar-refractivity contribution < 1.29 is 4.79 Å². The maximum Gasteiger partial charge on any atom is 0.261 e. The Balaban J connectivity index is 3.00. The zero-order valence-corrected chi connectivity index (χ0v) is 13.0. The van der Waals surface area contributed by atoms with E-state index in [4.69, 9.17) is 0 Å². The summed E-state index contributed by atoms with van der Waals surface area (Å²) < 4.78 is 0. The van der Waals surface area contributed by atoms with Gasteiger partial charge in [0.15, 0.2) is 0 Å². The Kier molecular flexibility index (Phi) is 6.49. The van der Waals surface area contributed by atoms with E-state index in [9.17, 15) is 9.59 Å². The Hall–Kier alpha value is -1.58. The fraction of sp³-hybridized carbons (Fsp3) is 0.625. The van der Waals surface area contributed by atoms with Gasteiger partial charge in [-0.15, -0.1) is 0 Å². The topological polar surface area (TPSA) is 62.0 Å². The first-order valence-electron chi connectivity index (χ1n) is 7.59. The molecule has 1 atom stereocenters. The minimum Gasteiger partial charge on any atom is -0.349 e. The first kappa shape index (κ1) is 16.5. The molecule has 0 unspecified atom stereocenters. The molecule has 0 spiro atoms. The monoisotopic (exact) mass is 278 g/mol. The number of aromatic amines is 1. The summed E-state index contributed by atoms with van der Waals surface area (Å²) in [5, 5.41) is 2.88. The number of hydrogen-bond acceptors (Lipinski definition) is 2. The molecule has 1 aromatic heterocycles. The van der Waals surface area contributed by atoms with Crippen molar-refractivity contribution in [3.8, 4) is 0 Å². The van der Waals surface area contributed by atoms with Crippen molar-refractivity contribution in [1.29, 1.82) is 0 Å². The Morgan fingerprint density at radius 2 is 2.00 bits per heavy atom. The number of aryl methyl sites for hydroxylation is 2. The number of carbonyl (C=O) groups is 1. The van der Waals surface area contributed by atoms with Crippen LogP contribution in [-0.2, 0) is 12.8 Å². The lowest BCUT2D eigenvalue weighted by Gasteiger charge is -2.14. The van der Waals surface area contributed by atoms with E-state index in [0.717, 1.165) is 43.4 Å². The molecule has 0 radical (unpaired) electrons. The molecule has 4 heteroatoms. The van der Waals surface area contributed by atoms with Crippen LogP contribution in [0.25, 0.3) is 0 Å². The lowest BCUT2D eigenvalue weighted by atomic mass is 10.0. The molecular formula is C16H26N2O2. The Morgan fingerprint density at radius 3 is 2.55 bits per heavy atom. The SMILES string of the molecule is CCCc1[nH]c(=O)c(C(=O)N[C@H](C)CCC)cc1CC. The molecule has 1 rings (SSSR count). The Bertz CT molecular complexity index is 506. The number of H-pyrrole nitrogens is 1. The van der Waals surface area contributed by atoms with Gasteiger partial charge in [-0.05, 0) is 37.8 Å². The fourth-order valence-electron chi connectivity index (χ4n) is 2.38. The fourth-order valence-corrected chi connectivity index (χ4v) is 2.38. The molecule has 0 fully saturated rings. The summed E-state index contributed by atoms with van der Waals surface area (Å²) in [6.07, 6.45) is 4.55. The number of carbonyl (C=O) groups excluding carboxylic acids is 1. The molecule has 0 saturated carbocycles. The summed E-state index contributed by atoms with van der Waals surface area (Å²) in [5.41, 5.74) is 1.95. The zero-order valence-electron chi connectivity index (χ0n) is 13.0. The van der Waals surface area contributed by atoms with Gasteiger partial charge >= 0.3 is 0 Å². The highest BCUT2D eigenvalue weighted by Crippen LogP contribution is 2.10. The summed E-state index contributed by atoms with van der Waals surface area (Å²) in [7, 11) is 0. The molecule has 20 heavy (non-hydrogen) atoms. The highest BCUT2D eigenvalue weighted by Gasteiger charge is 2.15. The van der Waals surface area contributed by atoms with Gasteiger partial charge in [-0.2, -0.15) is 0 Å². The molecule has 0 aliphatic heterocycles. The average Bonchev–Trinajstić information content (AvgIpc) is 2.39. The van der Waals surface area contributed by atoms with Crippen LogP contribution in [0, 0.1) is 0 Å². The van der Waals surface area contributed by atoms with Crippen molar-refractivity contribution in [2.45, 2.75) is 65.8 Å². The van der Waals surface area contributed by atoms with Gasteiger partial charge < -0.3 is 10.3 Å². The maximum absolute atomic E-state index is 12.2. The molecule has 0 bridgehead atoms. The standard InChI is InChI=1S/C16H26N2O2/c1-5-8-11(4)17-15(19)13-10-12(7-3)14(9-6-2)18-16(13)20/h10-11H,5-9H2,1-4H3,(H,17,19)(H,18,20)/t11-/m1/s1. The zero-order chi connectivity index (χ0) is 15.1. The van der Waals surface area contributed by atoms with E-state index in [2.05, 4.69) is 24.1 Å². The molecule has 1 heterocycles. The van der Waals surface area contributed by atoms with Crippen molar-refractivity contribution in [3.05, 3.63) is 33.2 Å². The van der Waals surface area contributed by atoms with Gasteiger partial charge in [0.05, 0.1) is 0 Å². The molecule has 0 aliphatic rings. The van der Waals surface area contributed by atoms with Gasteiger partial charge in [-0.3, -0.25) is 9.59 Å². The van der Waals surface area contributed by atoms with E-state index in [1.807, 2.05) is 13.8 Å². The first-order valence-corrected chi connectivity index (χ1v) is 7.59. The second-order valence-electron chi connectivity index (χ2n) is 5.28. The number of rotatable bonds is 7. The third-order valence-electron chi connectivity index (χ3n) is 3.44. The summed E-state index contributed by atoms with van der Waals surface area (Å²) in [5.74, 6) is -0.273. The third-order valence-corrected chi connectivity index (χ3v) is 3.44. The summed E-state index contributed by atoms with van der Waals surface area (Å²) in [6, 6.07) is 1.84. The highest BCUT2D eigenvalue weighted by molar-refractivity contribution is 5.94. The van der Waals surface area contributed by atoms with E-state index in [-0.39, 0.29) is 23.1 Å². The minimum atomic E-state index is -0.285. The van der Waals surface area contributed by atoms with E-state index in [1.165, 1.54) is 0 Å². The maximum atomic E-state index is 12.2. The first-order chi connectivity index (χ1) is 9.53. The number of aromatic nitrogens is 1. The van der Waals surface area contributed by atoms with Crippen molar-refractivity contribution in [2.75, 3.05) is 0 Å². The summed E-state index contributed by atoms with van der Waals surface area (Å²) in [4.78, 5) is 27.1. The van der Waals surface area contributed by atoms with Crippen molar-refractivity contribution in [3.63, 3.8) is 0 Å². The number of nitrogens with one attached hydrogen (secondary N) is 2. The van der Waals surface area contributed by atoms with Gasteiger partial charge in [0, 0.05) is 11.7 Å². The van der Waals surface area contributed by atoms with Crippen LogP contribution in [0.2, 0.25) is 0 Å². The van der Waals surface area contributed by atoms with Crippen LogP contribution in [0.4, 0.5) is 0 Å².